The molecule has 1 fully saturated rings. The van der Waals surface area contributed by atoms with Crippen LogP contribution >= 0.6 is 0 Å². The van der Waals surface area contributed by atoms with Crippen LogP contribution in [0.3, 0.4) is 0 Å². The van der Waals surface area contributed by atoms with Crippen molar-refractivity contribution in [2.75, 3.05) is 13.1 Å². The summed E-state index contributed by atoms with van der Waals surface area (Å²) in [5.41, 5.74) is 7.59. The van der Waals surface area contributed by atoms with Crippen LogP contribution in [0.4, 0.5) is 4.79 Å². The minimum Gasteiger partial charge on any atom is -0.444 e. The molecule has 1 aliphatic carbocycles. The summed E-state index contributed by atoms with van der Waals surface area (Å²) in [6.07, 6.45) is 4.41. The van der Waals surface area contributed by atoms with E-state index in [-0.39, 0.29) is 12.0 Å². The fraction of sp³-hybridized carbons (Fsp3) is 0.750. The van der Waals surface area contributed by atoms with Gasteiger partial charge < -0.3 is 15.4 Å². The first-order valence-electron chi connectivity index (χ1n) is 8.10. The van der Waals surface area contributed by atoms with E-state index in [2.05, 4.69) is 6.20 Å². The molecule has 6 heteroatoms. The van der Waals surface area contributed by atoms with Gasteiger partial charge in [0.2, 0.25) is 0 Å². The van der Waals surface area contributed by atoms with Crippen molar-refractivity contribution in [3.05, 3.63) is 17.5 Å². The number of aromatic nitrogens is 2. The van der Waals surface area contributed by atoms with Gasteiger partial charge in [-0.25, -0.2) is 4.79 Å². The van der Waals surface area contributed by atoms with Crippen LogP contribution in [0.25, 0.3) is 0 Å². The smallest absolute Gasteiger partial charge is 0.410 e. The molecule has 22 heavy (non-hydrogen) atoms. The molecule has 2 heterocycles. The van der Waals surface area contributed by atoms with Gasteiger partial charge in [-0.15, -0.1) is 0 Å². The van der Waals surface area contributed by atoms with E-state index in [1.807, 2.05) is 25.5 Å². The molecule has 2 N–H and O–H groups in total. The molecule has 1 aliphatic heterocycles. The topological polar surface area (TPSA) is 73.4 Å². The van der Waals surface area contributed by atoms with Crippen LogP contribution in [0, 0.1) is 5.92 Å². The van der Waals surface area contributed by atoms with Crippen molar-refractivity contribution in [2.45, 2.75) is 58.2 Å². The predicted molar refractivity (Wildman–Crippen MR) is 83.4 cm³/mol. The minimum atomic E-state index is -0.480. The molecule has 0 bridgehead atoms. The SMILES string of the molecule is CC(C)(C)OC(=O)N1Cc2cn(CC3CC3)nc2C(CN)C1. The quantitative estimate of drug-likeness (QED) is 0.928. The summed E-state index contributed by atoms with van der Waals surface area (Å²) in [7, 11) is 0. The maximum atomic E-state index is 12.3. The van der Waals surface area contributed by atoms with Crippen molar-refractivity contribution in [1.29, 1.82) is 0 Å². The molecule has 3 rings (SSSR count). The second-order valence-corrected chi connectivity index (χ2v) is 7.50. The number of rotatable bonds is 3. The number of carbonyl (C=O) groups is 1. The van der Waals surface area contributed by atoms with Gasteiger partial charge in [-0.3, -0.25) is 4.68 Å². The van der Waals surface area contributed by atoms with Crippen molar-refractivity contribution < 1.29 is 9.53 Å². The molecule has 0 saturated heterocycles. The number of hydrogen-bond donors (Lipinski definition) is 1. The highest BCUT2D eigenvalue weighted by Crippen LogP contribution is 2.32. The molecule has 6 nitrogen and oxygen atoms in total. The molecule has 1 unspecified atom stereocenters. The number of carbonyl (C=O) groups excluding carboxylic acids is 1. The minimum absolute atomic E-state index is 0.0942. The molecular formula is C16H26N4O2. The van der Waals surface area contributed by atoms with Crippen LogP contribution in [0.1, 0.15) is 50.8 Å². The van der Waals surface area contributed by atoms with Gasteiger partial charge in [0.15, 0.2) is 0 Å². The van der Waals surface area contributed by atoms with E-state index in [0.29, 0.717) is 19.6 Å². The van der Waals surface area contributed by atoms with Crippen LogP contribution in [-0.4, -0.2) is 39.5 Å². The number of ether oxygens (including phenoxy) is 1. The zero-order chi connectivity index (χ0) is 15.9. The van der Waals surface area contributed by atoms with Gasteiger partial charge in [0.05, 0.1) is 12.2 Å². The van der Waals surface area contributed by atoms with E-state index in [9.17, 15) is 4.79 Å². The highest BCUT2D eigenvalue weighted by Gasteiger charge is 2.33. The van der Waals surface area contributed by atoms with E-state index in [1.54, 1.807) is 4.90 Å². The van der Waals surface area contributed by atoms with Crippen LogP contribution in [0.2, 0.25) is 0 Å². The summed E-state index contributed by atoms with van der Waals surface area (Å²) in [5, 5.41) is 4.71. The maximum absolute atomic E-state index is 12.3. The van der Waals surface area contributed by atoms with Crippen molar-refractivity contribution in [3.8, 4) is 0 Å². The lowest BCUT2D eigenvalue weighted by Crippen LogP contribution is -2.42. The second-order valence-electron chi connectivity index (χ2n) is 7.50. The largest absolute Gasteiger partial charge is 0.444 e. The zero-order valence-corrected chi connectivity index (χ0v) is 13.7. The van der Waals surface area contributed by atoms with Crippen LogP contribution in [-0.2, 0) is 17.8 Å². The van der Waals surface area contributed by atoms with E-state index in [4.69, 9.17) is 15.6 Å². The molecule has 122 valence electrons. The molecule has 1 aromatic rings. The predicted octanol–water partition coefficient (Wildman–Crippen LogP) is 2.09. The van der Waals surface area contributed by atoms with Gasteiger partial charge >= 0.3 is 6.09 Å². The highest BCUT2D eigenvalue weighted by atomic mass is 16.6. The molecular weight excluding hydrogens is 280 g/mol. The third kappa shape index (κ3) is 3.43. The summed E-state index contributed by atoms with van der Waals surface area (Å²) in [4.78, 5) is 14.1. The van der Waals surface area contributed by atoms with Gasteiger partial charge in [0.25, 0.3) is 0 Å². The number of nitrogens with zero attached hydrogens (tertiary/aromatic N) is 3. The summed E-state index contributed by atoms with van der Waals surface area (Å²) >= 11 is 0. The van der Waals surface area contributed by atoms with E-state index in [0.717, 1.165) is 23.7 Å². The Kier molecular flexibility index (Phi) is 3.89. The molecule has 1 amide bonds. The Hall–Kier alpha value is -1.56. The van der Waals surface area contributed by atoms with Gasteiger partial charge in [0, 0.05) is 37.3 Å². The Morgan fingerprint density at radius 1 is 1.45 bits per heavy atom. The third-order valence-corrected chi connectivity index (χ3v) is 4.14. The van der Waals surface area contributed by atoms with Gasteiger partial charge in [-0.2, -0.15) is 5.10 Å². The van der Waals surface area contributed by atoms with Crippen LogP contribution in [0.5, 0.6) is 0 Å². The Morgan fingerprint density at radius 3 is 2.77 bits per heavy atom. The summed E-state index contributed by atoms with van der Waals surface area (Å²) in [6, 6.07) is 0. The van der Waals surface area contributed by atoms with Crippen LogP contribution < -0.4 is 5.73 Å². The normalized spacial score (nSPS) is 21.6. The lowest BCUT2D eigenvalue weighted by Gasteiger charge is -2.33. The van der Waals surface area contributed by atoms with E-state index in [1.165, 1.54) is 12.8 Å². The Balaban J connectivity index is 1.75. The molecule has 2 aliphatic rings. The van der Waals surface area contributed by atoms with E-state index < -0.39 is 5.60 Å². The van der Waals surface area contributed by atoms with Crippen molar-refractivity contribution >= 4 is 6.09 Å². The summed E-state index contributed by atoms with van der Waals surface area (Å²) < 4.78 is 7.52. The van der Waals surface area contributed by atoms with Gasteiger partial charge in [-0.1, -0.05) is 0 Å². The van der Waals surface area contributed by atoms with Crippen molar-refractivity contribution in [2.24, 2.45) is 11.7 Å². The first-order chi connectivity index (χ1) is 10.4. The average molecular weight is 306 g/mol. The molecule has 0 aromatic carbocycles. The first-order valence-corrected chi connectivity index (χ1v) is 8.10. The number of nitrogens with two attached hydrogens (primary N) is 1. The average Bonchev–Trinajstić information content (AvgIpc) is 3.13. The number of hydrogen-bond acceptors (Lipinski definition) is 4. The third-order valence-electron chi connectivity index (χ3n) is 4.14. The lowest BCUT2D eigenvalue weighted by molar-refractivity contribution is 0.0206. The Labute approximate surface area is 131 Å². The van der Waals surface area contributed by atoms with E-state index >= 15 is 0 Å². The Morgan fingerprint density at radius 2 is 2.18 bits per heavy atom. The standard InChI is InChI=1S/C16H26N4O2/c1-16(2,3)22-15(21)19-8-12(6-17)14-13(9-19)10-20(18-14)7-11-4-5-11/h10-12H,4-9,17H2,1-3H3. The lowest BCUT2D eigenvalue weighted by atomic mass is 9.97. The van der Waals surface area contributed by atoms with Crippen molar-refractivity contribution in [1.82, 2.24) is 14.7 Å². The van der Waals surface area contributed by atoms with Gasteiger partial charge in [0.1, 0.15) is 5.60 Å². The molecule has 0 spiro atoms. The van der Waals surface area contributed by atoms with Gasteiger partial charge in [-0.05, 0) is 39.5 Å². The molecule has 0 radical (unpaired) electrons. The van der Waals surface area contributed by atoms with Crippen LogP contribution in [0.15, 0.2) is 6.20 Å². The fourth-order valence-corrected chi connectivity index (χ4v) is 2.88. The number of amides is 1. The molecule has 1 atom stereocenters. The molecule has 1 saturated carbocycles. The monoisotopic (exact) mass is 306 g/mol. The Bertz CT molecular complexity index is 557. The molecule has 1 aromatic heterocycles. The highest BCUT2D eigenvalue weighted by molar-refractivity contribution is 5.68. The zero-order valence-electron chi connectivity index (χ0n) is 13.7. The number of fused-ring (bicyclic) bond motifs is 1. The summed E-state index contributed by atoms with van der Waals surface area (Å²) in [5.74, 6) is 0.872. The second kappa shape index (κ2) is 5.57. The fourth-order valence-electron chi connectivity index (χ4n) is 2.88. The maximum Gasteiger partial charge on any atom is 0.410 e. The first kappa shape index (κ1) is 15.3. The van der Waals surface area contributed by atoms with Crippen molar-refractivity contribution in [3.63, 3.8) is 0 Å². The summed E-state index contributed by atoms with van der Waals surface area (Å²) in [6.45, 7) is 8.27.